The molecule has 3 aromatic rings. The third-order valence-corrected chi connectivity index (χ3v) is 5.22. The average molecular weight is 382 g/mol. The van der Waals surface area contributed by atoms with Crippen molar-refractivity contribution in [3.8, 4) is 5.69 Å². The first-order chi connectivity index (χ1) is 13.1. The summed E-state index contributed by atoms with van der Waals surface area (Å²) in [5.41, 5.74) is 2.28. The zero-order chi connectivity index (χ0) is 19.2. The number of benzene rings is 2. The third kappa shape index (κ3) is 4.39. The molecule has 5 nitrogen and oxygen atoms in total. The fraction of sp³-hybridized carbons (Fsp3) is 0.286. The molecule has 140 valence electrons. The molecule has 2 aromatic carbocycles. The van der Waals surface area contributed by atoms with Gasteiger partial charge in [-0.15, -0.1) is 0 Å². The summed E-state index contributed by atoms with van der Waals surface area (Å²) in [6.45, 7) is 4.72. The van der Waals surface area contributed by atoms with Gasteiger partial charge in [-0.1, -0.05) is 55.4 Å². The molecule has 0 radical (unpaired) electrons. The fourth-order valence-electron chi connectivity index (χ4n) is 2.82. The van der Waals surface area contributed by atoms with Crippen LogP contribution in [0, 0.1) is 6.92 Å². The van der Waals surface area contributed by atoms with Gasteiger partial charge in [-0.3, -0.25) is 14.2 Å². The number of fused-ring (bicyclic) bond motifs is 1. The number of nitrogens with zero attached hydrogens (tertiary/aromatic N) is 2. The van der Waals surface area contributed by atoms with Gasteiger partial charge in [-0.05, 0) is 37.1 Å². The van der Waals surface area contributed by atoms with E-state index in [0.29, 0.717) is 22.6 Å². The Morgan fingerprint density at radius 1 is 1.15 bits per heavy atom. The van der Waals surface area contributed by atoms with E-state index in [2.05, 4.69) is 17.2 Å². The maximum Gasteiger partial charge on any atom is 0.266 e. The largest absolute Gasteiger partial charge is 0.355 e. The summed E-state index contributed by atoms with van der Waals surface area (Å²) < 4.78 is 1.61. The van der Waals surface area contributed by atoms with E-state index in [1.54, 1.807) is 10.6 Å². The van der Waals surface area contributed by atoms with E-state index in [0.717, 1.165) is 24.1 Å². The standard InChI is InChI=1S/C21H23N3O2S/c1-3-4-13-22-19(25)14-27-21-23-17-11-7-6-10-16(17)20(26)24(21)18-12-8-5-9-15(18)2/h5-12H,3-4,13-14H2,1-2H3,(H,22,25). The van der Waals surface area contributed by atoms with Gasteiger partial charge >= 0.3 is 0 Å². The molecule has 0 atom stereocenters. The number of aryl methyl sites for hydroxylation is 1. The molecule has 0 saturated carbocycles. The topological polar surface area (TPSA) is 64.0 Å². The maximum absolute atomic E-state index is 13.2. The van der Waals surface area contributed by atoms with Crippen LogP contribution in [0.2, 0.25) is 0 Å². The zero-order valence-corrected chi connectivity index (χ0v) is 16.4. The van der Waals surface area contributed by atoms with E-state index in [1.807, 2.05) is 49.4 Å². The number of aromatic nitrogens is 2. The van der Waals surface area contributed by atoms with Crippen molar-refractivity contribution in [3.05, 3.63) is 64.4 Å². The van der Waals surface area contributed by atoms with Gasteiger partial charge in [0, 0.05) is 6.54 Å². The summed E-state index contributed by atoms with van der Waals surface area (Å²) in [5.74, 6) is 0.174. The van der Waals surface area contributed by atoms with E-state index in [9.17, 15) is 9.59 Å². The highest BCUT2D eigenvalue weighted by molar-refractivity contribution is 7.99. The Labute approximate surface area is 162 Å². The van der Waals surface area contributed by atoms with Gasteiger partial charge in [0.25, 0.3) is 5.56 Å². The quantitative estimate of drug-likeness (QED) is 0.385. The van der Waals surface area contributed by atoms with Crippen LogP contribution in [-0.2, 0) is 4.79 Å². The molecule has 0 unspecified atom stereocenters. The Kier molecular flexibility index (Phi) is 6.29. The summed E-state index contributed by atoms with van der Waals surface area (Å²) in [6.07, 6.45) is 1.99. The number of carbonyl (C=O) groups excluding carboxylic acids is 1. The third-order valence-electron chi connectivity index (χ3n) is 4.29. The van der Waals surface area contributed by atoms with Gasteiger partial charge in [0.1, 0.15) is 0 Å². The molecule has 1 heterocycles. The fourth-order valence-corrected chi connectivity index (χ4v) is 3.66. The van der Waals surface area contributed by atoms with E-state index >= 15 is 0 Å². The first-order valence-corrected chi connectivity index (χ1v) is 10.1. The highest BCUT2D eigenvalue weighted by atomic mass is 32.2. The molecule has 0 aliphatic heterocycles. The number of hydrogen-bond donors (Lipinski definition) is 1. The second kappa shape index (κ2) is 8.86. The molecular formula is C21H23N3O2S. The smallest absolute Gasteiger partial charge is 0.266 e. The molecule has 0 aliphatic carbocycles. The maximum atomic E-state index is 13.2. The number of carbonyl (C=O) groups is 1. The molecule has 0 bridgehead atoms. The SMILES string of the molecule is CCCCNC(=O)CSc1nc2ccccc2c(=O)n1-c1ccccc1C. The van der Waals surface area contributed by atoms with Crippen LogP contribution < -0.4 is 10.9 Å². The van der Waals surface area contributed by atoms with Gasteiger partial charge in [-0.25, -0.2) is 4.98 Å². The minimum Gasteiger partial charge on any atom is -0.355 e. The highest BCUT2D eigenvalue weighted by Gasteiger charge is 2.15. The zero-order valence-electron chi connectivity index (χ0n) is 15.6. The van der Waals surface area contributed by atoms with Crippen LogP contribution in [0.4, 0.5) is 0 Å². The molecule has 1 amide bonds. The molecule has 3 rings (SSSR count). The van der Waals surface area contributed by atoms with Crippen molar-refractivity contribution in [1.82, 2.24) is 14.9 Å². The Morgan fingerprint density at radius 3 is 2.67 bits per heavy atom. The Morgan fingerprint density at radius 2 is 1.89 bits per heavy atom. The summed E-state index contributed by atoms with van der Waals surface area (Å²) in [7, 11) is 0. The summed E-state index contributed by atoms with van der Waals surface area (Å²) in [4.78, 5) is 29.9. The molecule has 0 fully saturated rings. The van der Waals surface area contributed by atoms with Crippen LogP contribution in [0.3, 0.4) is 0 Å². The first kappa shape index (κ1) is 19.2. The lowest BCUT2D eigenvalue weighted by Crippen LogP contribution is -2.27. The van der Waals surface area contributed by atoms with Crippen molar-refractivity contribution in [2.75, 3.05) is 12.3 Å². The molecule has 1 N–H and O–H groups in total. The number of amides is 1. The van der Waals surface area contributed by atoms with Gasteiger partial charge in [0.15, 0.2) is 5.16 Å². The lowest BCUT2D eigenvalue weighted by atomic mass is 10.2. The Balaban J connectivity index is 2.00. The number of thioether (sulfide) groups is 1. The van der Waals surface area contributed by atoms with Crippen molar-refractivity contribution in [3.63, 3.8) is 0 Å². The Bertz CT molecular complexity index is 1010. The molecule has 1 aromatic heterocycles. The molecule has 0 aliphatic rings. The minimum atomic E-state index is -0.121. The van der Waals surface area contributed by atoms with Crippen molar-refractivity contribution < 1.29 is 4.79 Å². The van der Waals surface area contributed by atoms with Gasteiger partial charge in [-0.2, -0.15) is 0 Å². The van der Waals surface area contributed by atoms with Gasteiger partial charge < -0.3 is 5.32 Å². The predicted octanol–water partition coefficient (Wildman–Crippen LogP) is 3.70. The van der Waals surface area contributed by atoms with Crippen molar-refractivity contribution >= 4 is 28.6 Å². The second-order valence-corrected chi connectivity index (χ2v) is 7.27. The van der Waals surface area contributed by atoms with Gasteiger partial charge in [0.2, 0.25) is 5.91 Å². The molecular weight excluding hydrogens is 358 g/mol. The van der Waals surface area contributed by atoms with Crippen LogP contribution >= 0.6 is 11.8 Å². The van der Waals surface area contributed by atoms with Crippen LogP contribution in [0.5, 0.6) is 0 Å². The number of para-hydroxylation sites is 2. The lowest BCUT2D eigenvalue weighted by Gasteiger charge is -2.15. The molecule has 0 spiro atoms. The van der Waals surface area contributed by atoms with Crippen molar-refractivity contribution in [1.29, 1.82) is 0 Å². The van der Waals surface area contributed by atoms with Crippen LogP contribution in [0.15, 0.2) is 58.5 Å². The second-order valence-electron chi connectivity index (χ2n) is 6.33. The van der Waals surface area contributed by atoms with Crippen LogP contribution in [-0.4, -0.2) is 27.8 Å². The minimum absolute atomic E-state index is 0.0489. The summed E-state index contributed by atoms with van der Waals surface area (Å²) in [5, 5.41) is 3.99. The molecule has 6 heteroatoms. The number of hydrogen-bond acceptors (Lipinski definition) is 4. The van der Waals surface area contributed by atoms with Crippen molar-refractivity contribution in [2.24, 2.45) is 0 Å². The van der Waals surface area contributed by atoms with Crippen LogP contribution in [0.25, 0.3) is 16.6 Å². The molecule has 27 heavy (non-hydrogen) atoms. The monoisotopic (exact) mass is 381 g/mol. The van der Waals surface area contributed by atoms with E-state index in [-0.39, 0.29) is 17.2 Å². The highest BCUT2D eigenvalue weighted by Crippen LogP contribution is 2.22. The average Bonchev–Trinajstić information content (AvgIpc) is 2.68. The van der Waals surface area contributed by atoms with E-state index < -0.39 is 0 Å². The Hall–Kier alpha value is -2.60. The number of nitrogens with one attached hydrogen (secondary N) is 1. The summed E-state index contributed by atoms with van der Waals surface area (Å²) >= 11 is 1.29. The number of unbranched alkanes of at least 4 members (excludes halogenated alkanes) is 1. The van der Waals surface area contributed by atoms with E-state index in [1.165, 1.54) is 11.8 Å². The van der Waals surface area contributed by atoms with Crippen molar-refractivity contribution in [2.45, 2.75) is 31.8 Å². The normalized spacial score (nSPS) is 10.9. The van der Waals surface area contributed by atoms with Gasteiger partial charge in [0.05, 0.1) is 22.3 Å². The van der Waals surface area contributed by atoms with E-state index in [4.69, 9.17) is 0 Å². The first-order valence-electron chi connectivity index (χ1n) is 9.09. The molecule has 0 saturated heterocycles. The number of rotatable bonds is 7. The van der Waals surface area contributed by atoms with Crippen LogP contribution in [0.1, 0.15) is 25.3 Å². The lowest BCUT2D eigenvalue weighted by molar-refractivity contribution is -0.118. The summed E-state index contributed by atoms with van der Waals surface area (Å²) in [6, 6.07) is 15.0. The predicted molar refractivity (Wildman–Crippen MR) is 111 cm³/mol.